The van der Waals surface area contributed by atoms with Gasteiger partial charge in [0.05, 0.1) is 5.02 Å². The summed E-state index contributed by atoms with van der Waals surface area (Å²) in [6, 6.07) is 2.12. The van der Waals surface area contributed by atoms with Crippen molar-refractivity contribution in [1.82, 2.24) is 0 Å². The maximum atomic E-state index is 12.7. The molecule has 0 amide bonds. The topological polar surface area (TPSA) is 40.5 Å². The van der Waals surface area contributed by atoms with Gasteiger partial charge in [0.1, 0.15) is 5.82 Å². The highest BCUT2D eigenvalue weighted by Gasteiger charge is 2.18. The van der Waals surface area contributed by atoms with E-state index in [0.29, 0.717) is 4.47 Å². The number of rotatable bonds is 1. The zero-order valence-electron chi connectivity index (χ0n) is 5.76. The van der Waals surface area contributed by atoms with Gasteiger partial charge < -0.3 is 10.0 Å². The Balaban J connectivity index is 3.28. The van der Waals surface area contributed by atoms with E-state index in [9.17, 15) is 4.39 Å². The highest BCUT2D eigenvalue weighted by molar-refractivity contribution is 9.10. The van der Waals surface area contributed by atoms with Crippen LogP contribution in [0.5, 0.6) is 0 Å². The van der Waals surface area contributed by atoms with Crippen molar-refractivity contribution >= 4 is 40.1 Å². The molecule has 2 N–H and O–H groups in total. The van der Waals surface area contributed by atoms with Gasteiger partial charge in [-0.2, -0.15) is 0 Å². The van der Waals surface area contributed by atoms with Crippen LogP contribution in [-0.2, 0) is 0 Å². The summed E-state index contributed by atoms with van der Waals surface area (Å²) in [5.74, 6) is -0.575. The summed E-state index contributed by atoms with van der Waals surface area (Å²) in [5.41, 5.74) is -0.0523. The molecule has 1 aromatic rings. The van der Waals surface area contributed by atoms with Crippen molar-refractivity contribution < 1.29 is 14.4 Å². The van der Waals surface area contributed by atoms with Crippen LogP contribution in [0.2, 0.25) is 5.02 Å². The molecule has 0 aliphatic carbocycles. The average Bonchev–Trinajstić information content (AvgIpc) is 1.96. The smallest absolute Gasteiger partial charge is 0.423 e. The third-order valence-electron chi connectivity index (χ3n) is 1.30. The summed E-state index contributed by atoms with van der Waals surface area (Å²) >= 11 is 8.60. The van der Waals surface area contributed by atoms with Crippen molar-refractivity contribution in [2.45, 2.75) is 0 Å². The van der Waals surface area contributed by atoms with Crippen LogP contribution in [0.1, 0.15) is 0 Å². The first-order chi connectivity index (χ1) is 5.52. The third-order valence-corrected chi connectivity index (χ3v) is 2.57. The molecule has 2 nitrogen and oxygen atoms in total. The Morgan fingerprint density at radius 1 is 1.42 bits per heavy atom. The van der Waals surface area contributed by atoms with Crippen molar-refractivity contribution in [1.29, 1.82) is 0 Å². The van der Waals surface area contributed by atoms with Crippen molar-refractivity contribution in [3.05, 3.63) is 27.4 Å². The fourth-order valence-corrected chi connectivity index (χ4v) is 1.42. The minimum Gasteiger partial charge on any atom is -0.423 e. The molecule has 1 aromatic carbocycles. The van der Waals surface area contributed by atoms with Crippen molar-refractivity contribution in [2.75, 3.05) is 0 Å². The number of benzene rings is 1. The number of halogens is 3. The predicted molar refractivity (Wildman–Crippen MR) is 48.9 cm³/mol. The van der Waals surface area contributed by atoms with Crippen LogP contribution in [0, 0.1) is 5.82 Å². The Labute approximate surface area is 82.2 Å². The SMILES string of the molecule is OB(O)c1cc(F)cc(Br)c1Cl. The molecule has 6 heteroatoms. The first kappa shape index (κ1) is 9.99. The summed E-state index contributed by atoms with van der Waals surface area (Å²) < 4.78 is 13.0. The van der Waals surface area contributed by atoms with E-state index in [1.165, 1.54) is 0 Å². The summed E-state index contributed by atoms with van der Waals surface area (Å²) in [6.45, 7) is 0. The van der Waals surface area contributed by atoms with E-state index in [4.69, 9.17) is 21.6 Å². The number of hydrogen-bond donors (Lipinski definition) is 2. The van der Waals surface area contributed by atoms with Gasteiger partial charge in [-0.1, -0.05) is 11.6 Å². The second-order valence-electron chi connectivity index (χ2n) is 2.16. The van der Waals surface area contributed by atoms with E-state index in [1.54, 1.807) is 0 Å². The van der Waals surface area contributed by atoms with E-state index < -0.39 is 12.9 Å². The van der Waals surface area contributed by atoms with Gasteiger partial charge in [0.25, 0.3) is 0 Å². The molecular weight excluding hydrogens is 249 g/mol. The van der Waals surface area contributed by atoms with E-state index in [0.717, 1.165) is 12.1 Å². The van der Waals surface area contributed by atoms with Gasteiger partial charge >= 0.3 is 7.12 Å². The molecule has 0 bridgehead atoms. The standard InChI is InChI=1S/C6H4BBrClFO2/c8-5-2-3(10)1-4(6(5)9)7(11)12/h1-2,11-12H. The first-order valence-corrected chi connectivity index (χ1v) is 4.20. The quantitative estimate of drug-likeness (QED) is 0.577. The van der Waals surface area contributed by atoms with Crippen LogP contribution in [0.15, 0.2) is 16.6 Å². The molecule has 0 heterocycles. The van der Waals surface area contributed by atoms with Crippen molar-refractivity contribution in [3.63, 3.8) is 0 Å². The first-order valence-electron chi connectivity index (χ1n) is 3.03. The van der Waals surface area contributed by atoms with Gasteiger partial charge in [0, 0.05) is 9.94 Å². The van der Waals surface area contributed by atoms with Gasteiger partial charge in [-0.15, -0.1) is 0 Å². The summed E-state index contributed by atoms with van der Waals surface area (Å²) in [7, 11) is -1.76. The Morgan fingerprint density at radius 2 is 2.00 bits per heavy atom. The predicted octanol–water partition coefficient (Wildman–Crippen LogP) is 0.921. The Bertz CT molecular complexity index is 308. The van der Waals surface area contributed by atoms with E-state index in [1.807, 2.05) is 0 Å². The number of hydrogen-bond acceptors (Lipinski definition) is 2. The molecule has 0 aliphatic heterocycles. The fraction of sp³-hybridized carbons (Fsp3) is 0. The maximum Gasteiger partial charge on any atom is 0.490 e. The molecule has 12 heavy (non-hydrogen) atoms. The largest absolute Gasteiger partial charge is 0.490 e. The summed E-state index contributed by atoms with van der Waals surface area (Å²) in [5, 5.41) is 17.6. The molecule has 0 aliphatic rings. The van der Waals surface area contributed by atoms with Crippen LogP contribution in [0.4, 0.5) is 4.39 Å². The third kappa shape index (κ3) is 1.98. The summed E-state index contributed by atoms with van der Waals surface area (Å²) in [6.07, 6.45) is 0. The Kier molecular flexibility index (Phi) is 3.12. The normalized spacial score (nSPS) is 10.1. The van der Waals surface area contributed by atoms with Crippen LogP contribution in [0.3, 0.4) is 0 Å². The fourth-order valence-electron chi connectivity index (χ4n) is 0.764. The minimum atomic E-state index is -1.76. The highest BCUT2D eigenvalue weighted by atomic mass is 79.9. The van der Waals surface area contributed by atoms with Crippen LogP contribution in [-0.4, -0.2) is 17.2 Å². The monoisotopic (exact) mass is 252 g/mol. The zero-order valence-corrected chi connectivity index (χ0v) is 8.10. The lowest BCUT2D eigenvalue weighted by Gasteiger charge is -2.04. The van der Waals surface area contributed by atoms with E-state index in [-0.39, 0.29) is 10.5 Å². The van der Waals surface area contributed by atoms with Gasteiger partial charge in [-0.3, -0.25) is 0 Å². The molecule has 0 unspecified atom stereocenters. The van der Waals surface area contributed by atoms with Gasteiger partial charge in [0.15, 0.2) is 0 Å². The molecule has 0 spiro atoms. The molecule has 0 saturated carbocycles. The molecule has 1 rings (SSSR count). The molecule has 0 radical (unpaired) electrons. The van der Waals surface area contributed by atoms with E-state index in [2.05, 4.69) is 15.9 Å². The Hall–Kier alpha value is -0.0951. The molecule has 0 saturated heterocycles. The average molecular weight is 253 g/mol. The van der Waals surface area contributed by atoms with Crippen molar-refractivity contribution in [3.8, 4) is 0 Å². The molecular formula is C6H4BBrClFO2. The minimum absolute atomic E-state index is 0.0523. The second kappa shape index (κ2) is 3.74. The van der Waals surface area contributed by atoms with Gasteiger partial charge in [0.2, 0.25) is 0 Å². The molecule has 0 fully saturated rings. The van der Waals surface area contributed by atoms with Gasteiger partial charge in [-0.05, 0) is 28.1 Å². The molecule has 64 valence electrons. The molecule has 0 atom stereocenters. The lowest BCUT2D eigenvalue weighted by Crippen LogP contribution is -2.31. The van der Waals surface area contributed by atoms with Crippen LogP contribution >= 0.6 is 27.5 Å². The molecule has 0 aromatic heterocycles. The Morgan fingerprint density at radius 3 is 2.50 bits per heavy atom. The maximum absolute atomic E-state index is 12.7. The van der Waals surface area contributed by atoms with Crippen LogP contribution < -0.4 is 5.46 Å². The van der Waals surface area contributed by atoms with E-state index >= 15 is 0 Å². The lowest BCUT2D eigenvalue weighted by atomic mass is 9.80. The van der Waals surface area contributed by atoms with Crippen LogP contribution in [0.25, 0.3) is 0 Å². The van der Waals surface area contributed by atoms with Gasteiger partial charge in [-0.25, -0.2) is 4.39 Å². The second-order valence-corrected chi connectivity index (χ2v) is 3.40. The zero-order chi connectivity index (χ0) is 9.30. The highest BCUT2D eigenvalue weighted by Crippen LogP contribution is 2.21. The van der Waals surface area contributed by atoms with Crippen molar-refractivity contribution in [2.24, 2.45) is 0 Å². The lowest BCUT2D eigenvalue weighted by molar-refractivity contribution is 0.425. The summed E-state index contributed by atoms with van der Waals surface area (Å²) in [4.78, 5) is 0.